The first kappa shape index (κ1) is 15.3. The van der Waals surface area contributed by atoms with Gasteiger partial charge in [-0.1, -0.05) is 36.4 Å². The number of aromatic nitrogens is 2. The SMILES string of the molecule is CCn1c(CCc2ccccc2)nc2cc(CC(=O)O)ccc21. The van der Waals surface area contributed by atoms with Crippen LogP contribution in [0.2, 0.25) is 0 Å². The van der Waals surface area contributed by atoms with E-state index in [0.29, 0.717) is 0 Å². The highest BCUT2D eigenvalue weighted by Crippen LogP contribution is 2.20. The fraction of sp³-hybridized carbons (Fsp3) is 0.263. The van der Waals surface area contributed by atoms with E-state index >= 15 is 0 Å². The quantitative estimate of drug-likeness (QED) is 0.758. The Morgan fingerprint density at radius 1 is 1.09 bits per heavy atom. The highest BCUT2D eigenvalue weighted by molar-refractivity contribution is 5.79. The summed E-state index contributed by atoms with van der Waals surface area (Å²) in [5.41, 5.74) is 4.05. The molecule has 0 spiro atoms. The van der Waals surface area contributed by atoms with Crippen LogP contribution in [-0.4, -0.2) is 20.6 Å². The number of hydrogen-bond donors (Lipinski definition) is 1. The van der Waals surface area contributed by atoms with Crippen LogP contribution in [0.1, 0.15) is 23.9 Å². The van der Waals surface area contributed by atoms with Crippen LogP contribution in [0.4, 0.5) is 0 Å². The zero-order valence-corrected chi connectivity index (χ0v) is 13.2. The number of nitrogens with zero attached hydrogens (tertiary/aromatic N) is 2. The van der Waals surface area contributed by atoms with Crippen molar-refractivity contribution in [1.82, 2.24) is 9.55 Å². The maximum absolute atomic E-state index is 10.9. The first-order chi connectivity index (χ1) is 11.2. The number of imidazole rings is 1. The van der Waals surface area contributed by atoms with E-state index in [1.54, 1.807) is 0 Å². The summed E-state index contributed by atoms with van der Waals surface area (Å²) < 4.78 is 2.21. The Morgan fingerprint density at radius 3 is 2.57 bits per heavy atom. The predicted octanol–water partition coefficient (Wildman–Crippen LogP) is 3.47. The molecule has 0 amide bonds. The van der Waals surface area contributed by atoms with E-state index in [1.165, 1.54) is 5.56 Å². The van der Waals surface area contributed by atoms with Crippen LogP contribution in [0, 0.1) is 0 Å². The van der Waals surface area contributed by atoms with Gasteiger partial charge < -0.3 is 9.67 Å². The van der Waals surface area contributed by atoms with Crippen molar-refractivity contribution in [3.05, 3.63) is 65.5 Å². The lowest BCUT2D eigenvalue weighted by atomic mass is 10.1. The zero-order chi connectivity index (χ0) is 16.2. The molecule has 1 aromatic heterocycles. The summed E-state index contributed by atoms with van der Waals surface area (Å²) in [6, 6.07) is 16.1. The van der Waals surface area contributed by atoms with Crippen LogP contribution in [0.3, 0.4) is 0 Å². The summed E-state index contributed by atoms with van der Waals surface area (Å²) in [5, 5.41) is 8.93. The number of aliphatic carboxylic acids is 1. The third-order valence-corrected chi connectivity index (χ3v) is 4.04. The van der Waals surface area contributed by atoms with Gasteiger partial charge in [0.15, 0.2) is 0 Å². The molecule has 3 aromatic rings. The lowest BCUT2D eigenvalue weighted by molar-refractivity contribution is -0.136. The highest BCUT2D eigenvalue weighted by atomic mass is 16.4. The fourth-order valence-electron chi connectivity index (χ4n) is 2.95. The van der Waals surface area contributed by atoms with E-state index < -0.39 is 5.97 Å². The lowest BCUT2D eigenvalue weighted by Gasteiger charge is -2.06. The van der Waals surface area contributed by atoms with E-state index in [2.05, 4.69) is 35.8 Å². The van der Waals surface area contributed by atoms with Gasteiger partial charge in [-0.15, -0.1) is 0 Å². The van der Waals surface area contributed by atoms with E-state index in [1.807, 2.05) is 24.3 Å². The molecule has 0 saturated heterocycles. The van der Waals surface area contributed by atoms with Crippen molar-refractivity contribution >= 4 is 17.0 Å². The van der Waals surface area contributed by atoms with Crippen molar-refractivity contribution < 1.29 is 9.90 Å². The van der Waals surface area contributed by atoms with E-state index in [-0.39, 0.29) is 6.42 Å². The molecule has 0 aliphatic heterocycles. The van der Waals surface area contributed by atoms with Crippen molar-refractivity contribution in [1.29, 1.82) is 0 Å². The van der Waals surface area contributed by atoms with Gasteiger partial charge in [0.25, 0.3) is 0 Å². The first-order valence-corrected chi connectivity index (χ1v) is 7.91. The third-order valence-electron chi connectivity index (χ3n) is 4.04. The van der Waals surface area contributed by atoms with Gasteiger partial charge in [0, 0.05) is 13.0 Å². The summed E-state index contributed by atoms with van der Waals surface area (Å²) in [4.78, 5) is 15.6. The summed E-state index contributed by atoms with van der Waals surface area (Å²) in [7, 11) is 0. The number of rotatable bonds is 6. The second-order valence-electron chi connectivity index (χ2n) is 5.65. The normalized spacial score (nSPS) is 11.0. The molecular formula is C19H20N2O2. The number of carbonyl (C=O) groups is 1. The average molecular weight is 308 g/mol. The molecule has 0 aliphatic rings. The number of carboxylic acids is 1. The molecule has 0 fully saturated rings. The largest absolute Gasteiger partial charge is 0.481 e. The average Bonchev–Trinajstić information content (AvgIpc) is 2.90. The van der Waals surface area contributed by atoms with Gasteiger partial charge in [0.2, 0.25) is 0 Å². The van der Waals surface area contributed by atoms with Crippen molar-refractivity contribution in [3.63, 3.8) is 0 Å². The van der Waals surface area contributed by atoms with Crippen molar-refractivity contribution in [3.8, 4) is 0 Å². The van der Waals surface area contributed by atoms with Crippen molar-refractivity contribution in [2.24, 2.45) is 0 Å². The smallest absolute Gasteiger partial charge is 0.307 e. The summed E-state index contributed by atoms with van der Waals surface area (Å²) >= 11 is 0. The fourth-order valence-corrected chi connectivity index (χ4v) is 2.95. The number of benzene rings is 2. The molecule has 0 bridgehead atoms. The zero-order valence-electron chi connectivity index (χ0n) is 13.2. The maximum Gasteiger partial charge on any atom is 0.307 e. The van der Waals surface area contributed by atoms with Crippen LogP contribution >= 0.6 is 0 Å². The van der Waals surface area contributed by atoms with Crippen LogP contribution in [0.25, 0.3) is 11.0 Å². The Kier molecular flexibility index (Phi) is 4.42. The van der Waals surface area contributed by atoms with Gasteiger partial charge in [0.05, 0.1) is 17.5 Å². The van der Waals surface area contributed by atoms with Gasteiger partial charge in [0.1, 0.15) is 5.82 Å². The molecule has 118 valence electrons. The molecule has 0 atom stereocenters. The van der Waals surface area contributed by atoms with Crippen molar-refractivity contribution in [2.75, 3.05) is 0 Å². The van der Waals surface area contributed by atoms with Gasteiger partial charge in [-0.3, -0.25) is 4.79 Å². The number of fused-ring (bicyclic) bond motifs is 1. The summed E-state index contributed by atoms with van der Waals surface area (Å²) in [5.74, 6) is 0.238. The topological polar surface area (TPSA) is 55.1 Å². The Balaban J connectivity index is 1.88. The van der Waals surface area contributed by atoms with Crippen LogP contribution in [0.5, 0.6) is 0 Å². The highest BCUT2D eigenvalue weighted by Gasteiger charge is 2.11. The van der Waals surface area contributed by atoms with Gasteiger partial charge >= 0.3 is 5.97 Å². The second-order valence-corrected chi connectivity index (χ2v) is 5.65. The third kappa shape index (κ3) is 3.42. The molecule has 0 aliphatic carbocycles. The van der Waals surface area contributed by atoms with Gasteiger partial charge in [-0.25, -0.2) is 4.98 Å². The monoisotopic (exact) mass is 308 g/mol. The number of carboxylic acid groups (broad SMARTS) is 1. The Bertz CT molecular complexity index is 822. The molecule has 3 rings (SSSR count). The molecule has 1 N–H and O–H groups in total. The molecule has 0 unspecified atom stereocenters. The molecule has 0 saturated carbocycles. The van der Waals surface area contributed by atoms with E-state index in [4.69, 9.17) is 10.1 Å². The first-order valence-electron chi connectivity index (χ1n) is 7.91. The minimum Gasteiger partial charge on any atom is -0.481 e. The lowest BCUT2D eigenvalue weighted by Crippen LogP contribution is -2.03. The van der Waals surface area contributed by atoms with E-state index in [9.17, 15) is 4.79 Å². The second kappa shape index (κ2) is 6.65. The van der Waals surface area contributed by atoms with Gasteiger partial charge in [-0.05, 0) is 36.6 Å². The molecule has 23 heavy (non-hydrogen) atoms. The van der Waals surface area contributed by atoms with Crippen molar-refractivity contribution in [2.45, 2.75) is 32.7 Å². The minimum atomic E-state index is -0.816. The standard InChI is InChI=1S/C19H20N2O2/c1-2-21-17-10-8-15(13-19(22)23)12-16(17)20-18(21)11-9-14-6-4-3-5-7-14/h3-8,10,12H,2,9,11,13H2,1H3,(H,22,23). The molecule has 4 heteroatoms. The Morgan fingerprint density at radius 2 is 1.87 bits per heavy atom. The maximum atomic E-state index is 10.9. The predicted molar refractivity (Wildman–Crippen MR) is 90.6 cm³/mol. The molecule has 4 nitrogen and oxygen atoms in total. The van der Waals surface area contributed by atoms with Gasteiger partial charge in [-0.2, -0.15) is 0 Å². The Labute approximate surface area is 135 Å². The summed E-state index contributed by atoms with van der Waals surface area (Å²) in [6.07, 6.45) is 1.86. The molecular weight excluding hydrogens is 288 g/mol. The van der Waals surface area contributed by atoms with E-state index in [0.717, 1.165) is 41.8 Å². The number of hydrogen-bond acceptors (Lipinski definition) is 2. The van der Waals surface area contributed by atoms with Crippen LogP contribution < -0.4 is 0 Å². The molecule has 1 heterocycles. The minimum absolute atomic E-state index is 0.0360. The van der Waals surface area contributed by atoms with Crippen LogP contribution in [-0.2, 0) is 30.6 Å². The molecule has 2 aromatic carbocycles. The Hall–Kier alpha value is -2.62. The number of aryl methyl sites for hydroxylation is 3. The molecule has 0 radical (unpaired) electrons. The summed E-state index contributed by atoms with van der Waals surface area (Å²) in [6.45, 7) is 2.97. The van der Waals surface area contributed by atoms with Crippen LogP contribution in [0.15, 0.2) is 48.5 Å².